The number of carbonyl (C=O) groups excluding carboxylic acids is 1. The maximum absolute atomic E-state index is 11.9. The molecule has 1 amide bonds. The first-order valence-electron chi connectivity index (χ1n) is 5.15. The van der Waals surface area contributed by atoms with Crippen molar-refractivity contribution in [1.29, 1.82) is 0 Å². The molecule has 0 radical (unpaired) electrons. The number of hydrogen-bond acceptors (Lipinski definition) is 5. The molecule has 0 aliphatic heterocycles. The molecular formula is C12H11N3O3. The number of carbonyl (C=O) groups is 1. The summed E-state index contributed by atoms with van der Waals surface area (Å²) < 4.78 is 4.93. The van der Waals surface area contributed by atoms with E-state index in [0.29, 0.717) is 11.6 Å². The minimum absolute atomic E-state index is 0.140. The molecule has 0 aliphatic rings. The summed E-state index contributed by atoms with van der Waals surface area (Å²) in [5.41, 5.74) is 0.140. The van der Waals surface area contributed by atoms with Crippen molar-refractivity contribution in [3.05, 3.63) is 42.4 Å². The zero-order valence-corrected chi connectivity index (χ0v) is 9.62. The molecule has 2 N–H and O–H groups in total. The van der Waals surface area contributed by atoms with Gasteiger partial charge in [0.1, 0.15) is 11.5 Å². The predicted molar refractivity (Wildman–Crippen MR) is 64.6 cm³/mol. The lowest BCUT2D eigenvalue weighted by atomic mass is 10.2. The molecule has 0 atom stereocenters. The molecule has 18 heavy (non-hydrogen) atoms. The Bertz CT molecular complexity index is 558. The number of nitrogens with one attached hydrogen (secondary N) is 1. The first kappa shape index (κ1) is 11.8. The molecule has 0 spiro atoms. The lowest BCUT2D eigenvalue weighted by molar-refractivity contribution is 0.102. The van der Waals surface area contributed by atoms with E-state index in [0.717, 1.165) is 0 Å². The number of phenolic OH excluding ortho intramolecular Hbond substituents is 1. The number of anilines is 1. The SMILES string of the molecule is COc1ccc(C(=O)Nc2cnccn2)c(O)c1. The van der Waals surface area contributed by atoms with Crippen molar-refractivity contribution in [2.75, 3.05) is 12.4 Å². The summed E-state index contributed by atoms with van der Waals surface area (Å²) in [6.07, 6.45) is 4.38. The van der Waals surface area contributed by atoms with E-state index in [4.69, 9.17) is 4.74 Å². The van der Waals surface area contributed by atoms with Crippen molar-refractivity contribution in [2.24, 2.45) is 0 Å². The number of methoxy groups -OCH3 is 1. The van der Waals surface area contributed by atoms with E-state index >= 15 is 0 Å². The third-order valence-corrected chi connectivity index (χ3v) is 2.25. The molecule has 1 heterocycles. The second kappa shape index (κ2) is 5.13. The fraction of sp³-hybridized carbons (Fsp3) is 0.0833. The molecule has 6 nitrogen and oxygen atoms in total. The maximum Gasteiger partial charge on any atom is 0.260 e. The molecule has 92 valence electrons. The number of benzene rings is 1. The molecule has 2 rings (SSSR count). The monoisotopic (exact) mass is 245 g/mol. The predicted octanol–water partition coefficient (Wildman–Crippen LogP) is 1.44. The average molecular weight is 245 g/mol. The van der Waals surface area contributed by atoms with E-state index < -0.39 is 5.91 Å². The molecule has 1 aromatic carbocycles. The van der Waals surface area contributed by atoms with Crippen LogP contribution in [0.15, 0.2) is 36.8 Å². The smallest absolute Gasteiger partial charge is 0.260 e. The van der Waals surface area contributed by atoms with Crippen molar-refractivity contribution in [3.8, 4) is 11.5 Å². The van der Waals surface area contributed by atoms with Crippen LogP contribution in [0, 0.1) is 0 Å². The minimum atomic E-state index is -0.462. The highest BCUT2D eigenvalue weighted by molar-refractivity contribution is 6.05. The van der Waals surface area contributed by atoms with Crippen LogP contribution in [0.3, 0.4) is 0 Å². The quantitative estimate of drug-likeness (QED) is 0.854. The van der Waals surface area contributed by atoms with Crippen LogP contribution >= 0.6 is 0 Å². The van der Waals surface area contributed by atoms with Crippen molar-refractivity contribution >= 4 is 11.7 Å². The number of amides is 1. The number of phenols is 1. The van der Waals surface area contributed by atoms with Crippen molar-refractivity contribution in [3.63, 3.8) is 0 Å². The summed E-state index contributed by atoms with van der Waals surface area (Å²) in [6.45, 7) is 0. The Morgan fingerprint density at radius 1 is 1.39 bits per heavy atom. The molecule has 6 heteroatoms. The Balaban J connectivity index is 2.19. The largest absolute Gasteiger partial charge is 0.507 e. The molecule has 0 unspecified atom stereocenters. The summed E-state index contributed by atoms with van der Waals surface area (Å²) in [7, 11) is 1.48. The van der Waals surface area contributed by atoms with Gasteiger partial charge in [-0.1, -0.05) is 0 Å². The molecule has 0 saturated heterocycles. The van der Waals surface area contributed by atoms with Crippen molar-refractivity contribution < 1.29 is 14.6 Å². The van der Waals surface area contributed by atoms with Crippen molar-refractivity contribution in [2.45, 2.75) is 0 Å². The lowest BCUT2D eigenvalue weighted by Crippen LogP contribution is -2.13. The van der Waals surface area contributed by atoms with E-state index in [1.165, 1.54) is 37.8 Å². The second-order valence-corrected chi connectivity index (χ2v) is 3.43. The topological polar surface area (TPSA) is 84.3 Å². The molecule has 1 aromatic heterocycles. The van der Waals surface area contributed by atoms with Gasteiger partial charge in [-0.25, -0.2) is 4.98 Å². The van der Waals surface area contributed by atoms with Gasteiger partial charge in [-0.05, 0) is 12.1 Å². The molecule has 0 fully saturated rings. The van der Waals surface area contributed by atoms with Crippen LogP contribution in [0.2, 0.25) is 0 Å². The second-order valence-electron chi connectivity index (χ2n) is 3.43. The van der Waals surface area contributed by atoms with Crippen LogP contribution in [0.5, 0.6) is 11.5 Å². The fourth-order valence-corrected chi connectivity index (χ4v) is 1.38. The molecule has 0 bridgehead atoms. The number of aromatic hydroxyl groups is 1. The first-order valence-corrected chi connectivity index (χ1v) is 5.15. The maximum atomic E-state index is 11.9. The zero-order valence-electron chi connectivity index (χ0n) is 9.62. The van der Waals surface area contributed by atoms with Gasteiger partial charge in [-0.2, -0.15) is 0 Å². The summed E-state index contributed by atoms with van der Waals surface area (Å²) in [4.78, 5) is 19.6. The van der Waals surface area contributed by atoms with E-state index in [-0.39, 0.29) is 11.3 Å². The Hall–Kier alpha value is -2.63. The Morgan fingerprint density at radius 3 is 2.83 bits per heavy atom. The standard InChI is InChI=1S/C12H11N3O3/c1-18-8-2-3-9(10(16)6-8)12(17)15-11-7-13-4-5-14-11/h2-7,16H,1H3,(H,14,15,17). The fourth-order valence-electron chi connectivity index (χ4n) is 1.38. The van der Waals surface area contributed by atoms with Gasteiger partial charge in [0.2, 0.25) is 0 Å². The highest BCUT2D eigenvalue weighted by Crippen LogP contribution is 2.23. The number of aromatic nitrogens is 2. The Kier molecular flexibility index (Phi) is 3.38. The number of hydrogen-bond donors (Lipinski definition) is 2. The van der Waals surface area contributed by atoms with Crippen LogP contribution in [0.25, 0.3) is 0 Å². The van der Waals surface area contributed by atoms with Gasteiger partial charge in [0, 0.05) is 18.5 Å². The zero-order chi connectivity index (χ0) is 13.0. The van der Waals surface area contributed by atoms with Crippen LogP contribution < -0.4 is 10.1 Å². The van der Waals surface area contributed by atoms with E-state index in [9.17, 15) is 9.90 Å². The van der Waals surface area contributed by atoms with Gasteiger partial charge >= 0.3 is 0 Å². The van der Waals surface area contributed by atoms with Crippen LogP contribution in [0.1, 0.15) is 10.4 Å². The number of nitrogens with zero attached hydrogens (tertiary/aromatic N) is 2. The molecule has 2 aromatic rings. The van der Waals surface area contributed by atoms with Gasteiger partial charge in [0.15, 0.2) is 5.82 Å². The van der Waals surface area contributed by atoms with Gasteiger partial charge < -0.3 is 15.2 Å². The Morgan fingerprint density at radius 2 is 2.22 bits per heavy atom. The normalized spacial score (nSPS) is 9.83. The van der Waals surface area contributed by atoms with E-state index in [1.807, 2.05) is 0 Å². The van der Waals surface area contributed by atoms with Gasteiger partial charge in [0.25, 0.3) is 5.91 Å². The number of ether oxygens (including phenoxy) is 1. The third kappa shape index (κ3) is 2.54. The highest BCUT2D eigenvalue weighted by Gasteiger charge is 2.12. The highest BCUT2D eigenvalue weighted by atomic mass is 16.5. The van der Waals surface area contributed by atoms with Crippen LogP contribution in [0.4, 0.5) is 5.82 Å². The Labute approximate surface area is 103 Å². The average Bonchev–Trinajstić information content (AvgIpc) is 2.39. The summed E-state index contributed by atoms with van der Waals surface area (Å²) >= 11 is 0. The van der Waals surface area contributed by atoms with Crippen LogP contribution in [-0.4, -0.2) is 28.1 Å². The summed E-state index contributed by atoms with van der Waals surface area (Å²) in [5, 5.41) is 12.2. The third-order valence-electron chi connectivity index (χ3n) is 2.25. The molecule has 0 saturated carbocycles. The molecular weight excluding hydrogens is 234 g/mol. The van der Waals surface area contributed by atoms with E-state index in [1.54, 1.807) is 6.07 Å². The first-order chi connectivity index (χ1) is 8.70. The molecule has 0 aliphatic carbocycles. The lowest BCUT2D eigenvalue weighted by Gasteiger charge is -2.07. The summed E-state index contributed by atoms with van der Waals surface area (Å²) in [5.74, 6) is 0.174. The van der Waals surface area contributed by atoms with Gasteiger partial charge in [-0.3, -0.25) is 9.78 Å². The van der Waals surface area contributed by atoms with Gasteiger partial charge in [0.05, 0.1) is 18.9 Å². The van der Waals surface area contributed by atoms with Gasteiger partial charge in [-0.15, -0.1) is 0 Å². The summed E-state index contributed by atoms with van der Waals surface area (Å²) in [6, 6.07) is 4.43. The number of rotatable bonds is 3. The van der Waals surface area contributed by atoms with Crippen molar-refractivity contribution in [1.82, 2.24) is 9.97 Å². The van der Waals surface area contributed by atoms with Crippen LogP contribution in [-0.2, 0) is 0 Å². The minimum Gasteiger partial charge on any atom is -0.507 e. The van der Waals surface area contributed by atoms with E-state index in [2.05, 4.69) is 15.3 Å².